The Morgan fingerprint density at radius 1 is 1.15 bits per heavy atom. The first-order chi connectivity index (χ1) is 9.40. The van der Waals surface area contributed by atoms with Crippen LogP contribution in [-0.2, 0) is 4.74 Å². The predicted molar refractivity (Wildman–Crippen MR) is 68.8 cm³/mol. The van der Waals surface area contributed by atoms with E-state index in [1.165, 1.54) is 0 Å². The minimum atomic E-state index is -5.30. The van der Waals surface area contributed by atoms with E-state index in [1.807, 2.05) is 0 Å². The summed E-state index contributed by atoms with van der Waals surface area (Å²) in [6, 6.07) is 2.53. The van der Waals surface area contributed by atoms with Crippen LogP contribution < -0.4 is 10.2 Å². The summed E-state index contributed by atoms with van der Waals surface area (Å²) in [7, 11) is 1.58. The predicted octanol–water partition coefficient (Wildman–Crippen LogP) is 3.22. The highest BCUT2D eigenvalue weighted by atomic mass is 19.4. The third-order valence-corrected chi connectivity index (χ3v) is 3.53. The van der Waals surface area contributed by atoms with Gasteiger partial charge in [0.2, 0.25) is 0 Å². The standard InChI is InChI=1S/C13H16BF4O2/c1-19-10-3-2-4-11(8-10)20-13-6-5-9(15)7-12(13)14(16,17)18/h5-7,10-11H,2-4,8H2,1H3/q-1. The summed E-state index contributed by atoms with van der Waals surface area (Å²) in [6.45, 7) is -5.30. The Labute approximate surface area is 115 Å². The zero-order valence-electron chi connectivity index (χ0n) is 11.1. The van der Waals surface area contributed by atoms with Gasteiger partial charge in [-0.15, -0.1) is 0 Å². The molecule has 20 heavy (non-hydrogen) atoms. The highest BCUT2D eigenvalue weighted by Gasteiger charge is 2.31. The van der Waals surface area contributed by atoms with Gasteiger partial charge in [0.05, 0.1) is 11.9 Å². The van der Waals surface area contributed by atoms with Crippen LogP contribution in [0.5, 0.6) is 5.75 Å². The van der Waals surface area contributed by atoms with Gasteiger partial charge in [0.1, 0.15) is 11.9 Å². The van der Waals surface area contributed by atoms with Gasteiger partial charge >= 0.3 is 6.98 Å². The summed E-state index contributed by atoms with van der Waals surface area (Å²) in [6.07, 6.45) is 2.65. The molecule has 2 nitrogen and oxygen atoms in total. The molecule has 112 valence electrons. The zero-order valence-corrected chi connectivity index (χ0v) is 11.1. The summed E-state index contributed by atoms with van der Waals surface area (Å²) in [4.78, 5) is 0. The van der Waals surface area contributed by atoms with Gasteiger partial charge in [0, 0.05) is 13.5 Å². The maximum atomic E-state index is 13.0. The van der Waals surface area contributed by atoms with E-state index in [1.54, 1.807) is 7.11 Å². The largest absolute Gasteiger partial charge is 0.513 e. The number of hydrogen-bond donors (Lipinski definition) is 0. The Morgan fingerprint density at radius 3 is 2.50 bits per heavy atom. The third-order valence-electron chi connectivity index (χ3n) is 3.53. The van der Waals surface area contributed by atoms with Crippen molar-refractivity contribution in [2.45, 2.75) is 37.9 Å². The highest BCUT2D eigenvalue weighted by Crippen LogP contribution is 2.26. The summed E-state index contributed by atoms with van der Waals surface area (Å²) in [5.74, 6) is -1.20. The van der Waals surface area contributed by atoms with Crippen molar-refractivity contribution in [2.75, 3.05) is 7.11 Å². The number of ether oxygens (including phenoxy) is 2. The first kappa shape index (κ1) is 15.2. The number of halogens is 4. The fraction of sp³-hybridized carbons (Fsp3) is 0.538. The molecule has 0 aromatic heterocycles. The summed E-state index contributed by atoms with van der Waals surface area (Å²) < 4.78 is 62.4. The van der Waals surface area contributed by atoms with Crippen molar-refractivity contribution in [3.05, 3.63) is 24.0 Å². The molecule has 1 aromatic rings. The highest BCUT2D eigenvalue weighted by molar-refractivity contribution is 6.74. The van der Waals surface area contributed by atoms with Crippen molar-refractivity contribution in [1.29, 1.82) is 0 Å². The molecule has 1 aliphatic carbocycles. The van der Waals surface area contributed by atoms with Crippen LogP contribution >= 0.6 is 0 Å². The van der Waals surface area contributed by atoms with Crippen molar-refractivity contribution in [2.24, 2.45) is 0 Å². The van der Waals surface area contributed by atoms with Crippen LogP contribution in [-0.4, -0.2) is 26.3 Å². The van der Waals surface area contributed by atoms with Crippen LogP contribution in [0.2, 0.25) is 0 Å². The van der Waals surface area contributed by atoms with E-state index in [-0.39, 0.29) is 18.0 Å². The second kappa shape index (κ2) is 6.03. The molecule has 1 aromatic carbocycles. The lowest BCUT2D eigenvalue weighted by atomic mass is 9.79. The lowest BCUT2D eigenvalue weighted by molar-refractivity contribution is 0.0212. The molecule has 0 spiro atoms. The molecule has 0 aliphatic heterocycles. The van der Waals surface area contributed by atoms with E-state index < -0.39 is 18.3 Å². The molecule has 0 bridgehead atoms. The molecule has 1 fully saturated rings. The van der Waals surface area contributed by atoms with Gasteiger partial charge < -0.3 is 22.4 Å². The fourth-order valence-electron chi connectivity index (χ4n) is 2.49. The molecule has 2 rings (SSSR count). The van der Waals surface area contributed by atoms with Crippen molar-refractivity contribution in [3.8, 4) is 5.75 Å². The van der Waals surface area contributed by atoms with Crippen molar-refractivity contribution in [3.63, 3.8) is 0 Å². The molecule has 0 N–H and O–H groups in total. The SMILES string of the molecule is COC1CCCC(Oc2ccc(F)cc2[B-](F)(F)F)C1. The van der Waals surface area contributed by atoms with E-state index >= 15 is 0 Å². The fourth-order valence-corrected chi connectivity index (χ4v) is 2.49. The molecular weight excluding hydrogens is 275 g/mol. The molecule has 2 unspecified atom stereocenters. The van der Waals surface area contributed by atoms with Crippen LogP contribution in [0.25, 0.3) is 0 Å². The van der Waals surface area contributed by atoms with Gasteiger partial charge in [0.15, 0.2) is 0 Å². The van der Waals surface area contributed by atoms with Crippen molar-refractivity contribution in [1.82, 2.24) is 0 Å². The monoisotopic (exact) mass is 291 g/mol. The molecule has 0 amide bonds. The van der Waals surface area contributed by atoms with Gasteiger partial charge in [-0.25, -0.2) is 4.39 Å². The van der Waals surface area contributed by atoms with Crippen LogP contribution in [0.15, 0.2) is 18.2 Å². The summed E-state index contributed by atoms with van der Waals surface area (Å²) in [5.41, 5.74) is -1.01. The Morgan fingerprint density at radius 2 is 1.85 bits per heavy atom. The van der Waals surface area contributed by atoms with E-state index in [2.05, 4.69) is 0 Å². The van der Waals surface area contributed by atoms with Crippen molar-refractivity contribution >= 4 is 12.4 Å². The van der Waals surface area contributed by atoms with E-state index in [0.717, 1.165) is 25.0 Å². The molecule has 1 aliphatic rings. The lowest BCUT2D eigenvalue weighted by Crippen LogP contribution is -2.38. The normalized spacial score (nSPS) is 23.6. The Kier molecular flexibility index (Phi) is 4.57. The number of benzene rings is 1. The van der Waals surface area contributed by atoms with Gasteiger partial charge in [-0.3, -0.25) is 0 Å². The molecular formula is C13H16BF4O2-. The second-order valence-corrected chi connectivity index (χ2v) is 5.02. The topological polar surface area (TPSA) is 18.5 Å². The number of rotatable bonds is 4. The average molecular weight is 291 g/mol. The average Bonchev–Trinajstić information content (AvgIpc) is 2.40. The van der Waals surface area contributed by atoms with Gasteiger partial charge in [-0.05, 0) is 37.5 Å². The van der Waals surface area contributed by atoms with Crippen molar-refractivity contribution < 1.29 is 26.8 Å². The Bertz CT molecular complexity index is 464. The first-order valence-electron chi connectivity index (χ1n) is 6.59. The molecule has 1 saturated carbocycles. The molecule has 7 heteroatoms. The van der Waals surface area contributed by atoms with E-state index in [9.17, 15) is 17.3 Å². The number of methoxy groups -OCH3 is 1. The number of hydrogen-bond acceptors (Lipinski definition) is 2. The first-order valence-corrected chi connectivity index (χ1v) is 6.59. The lowest BCUT2D eigenvalue weighted by Gasteiger charge is -2.30. The van der Waals surface area contributed by atoms with E-state index in [4.69, 9.17) is 9.47 Å². The maximum absolute atomic E-state index is 13.0. The summed E-state index contributed by atoms with van der Waals surface area (Å²) in [5, 5.41) is 0. The van der Waals surface area contributed by atoms with Gasteiger partial charge in [-0.2, -0.15) is 0 Å². The van der Waals surface area contributed by atoms with E-state index in [0.29, 0.717) is 18.9 Å². The Hall–Kier alpha value is -1.24. The minimum absolute atomic E-state index is 0.00838. The van der Waals surface area contributed by atoms with Gasteiger partial charge in [0.25, 0.3) is 0 Å². The third kappa shape index (κ3) is 3.65. The quantitative estimate of drug-likeness (QED) is 0.626. The van der Waals surface area contributed by atoms with Crippen LogP contribution in [0, 0.1) is 5.82 Å². The molecule has 0 heterocycles. The molecule has 0 radical (unpaired) electrons. The van der Waals surface area contributed by atoms with Crippen LogP contribution in [0.4, 0.5) is 17.3 Å². The van der Waals surface area contributed by atoms with Crippen LogP contribution in [0.1, 0.15) is 25.7 Å². The zero-order chi connectivity index (χ0) is 14.8. The summed E-state index contributed by atoms with van der Waals surface area (Å²) >= 11 is 0. The second-order valence-electron chi connectivity index (χ2n) is 5.02. The minimum Gasteiger partial charge on any atom is -0.493 e. The maximum Gasteiger partial charge on any atom is 0.513 e. The van der Waals surface area contributed by atoms with Gasteiger partial charge in [-0.1, -0.05) is 5.46 Å². The smallest absolute Gasteiger partial charge is 0.493 e. The molecule has 0 saturated heterocycles. The van der Waals surface area contributed by atoms with Crippen LogP contribution in [0.3, 0.4) is 0 Å². The Balaban J connectivity index is 2.16. The molecule has 2 atom stereocenters.